The van der Waals surface area contributed by atoms with Crippen molar-refractivity contribution < 1.29 is 4.42 Å². The van der Waals surface area contributed by atoms with Crippen LogP contribution in [0.1, 0.15) is 0 Å². The molecule has 0 spiro atoms. The highest BCUT2D eigenvalue weighted by molar-refractivity contribution is 5.74. The first-order chi connectivity index (χ1) is 5.68. The Morgan fingerprint density at radius 2 is 2.42 bits per heavy atom. The number of nitrogens with zero attached hydrogens (tertiary/aromatic N) is 2. The SMILES string of the molecule is Cn1c(=O)oc2cc(N)ncc21. The van der Waals surface area contributed by atoms with Crippen LogP contribution in [0.15, 0.2) is 21.5 Å². The zero-order valence-corrected chi connectivity index (χ0v) is 6.44. The fraction of sp³-hybridized carbons (Fsp3) is 0.143. The minimum absolute atomic E-state index is 0.344. The second-order valence-electron chi connectivity index (χ2n) is 2.50. The first-order valence-corrected chi connectivity index (χ1v) is 3.39. The molecule has 5 nitrogen and oxygen atoms in total. The predicted molar refractivity (Wildman–Crippen MR) is 43.7 cm³/mol. The molecule has 62 valence electrons. The Morgan fingerprint density at radius 3 is 3.17 bits per heavy atom. The molecule has 2 heterocycles. The van der Waals surface area contributed by atoms with Crippen LogP contribution in [-0.4, -0.2) is 9.55 Å². The predicted octanol–water partition coefficient (Wildman–Crippen LogP) is 0.109. The number of pyridine rings is 1. The molecule has 2 aromatic rings. The van der Waals surface area contributed by atoms with E-state index in [1.807, 2.05) is 0 Å². The minimum atomic E-state index is -0.405. The summed E-state index contributed by atoms with van der Waals surface area (Å²) in [6.07, 6.45) is 1.51. The third kappa shape index (κ3) is 0.795. The highest BCUT2D eigenvalue weighted by Crippen LogP contribution is 2.11. The Labute approximate surface area is 67.4 Å². The van der Waals surface area contributed by atoms with Gasteiger partial charge in [0.1, 0.15) is 11.3 Å². The summed E-state index contributed by atoms with van der Waals surface area (Å²) in [5, 5.41) is 0. The second-order valence-corrected chi connectivity index (χ2v) is 2.50. The van der Waals surface area contributed by atoms with Gasteiger partial charge in [-0.05, 0) is 0 Å². The van der Waals surface area contributed by atoms with Crippen molar-refractivity contribution in [2.45, 2.75) is 0 Å². The van der Waals surface area contributed by atoms with Crippen molar-refractivity contribution in [2.24, 2.45) is 7.05 Å². The van der Waals surface area contributed by atoms with E-state index in [4.69, 9.17) is 10.2 Å². The number of aryl methyl sites for hydroxylation is 1. The maximum Gasteiger partial charge on any atom is 0.419 e. The van der Waals surface area contributed by atoms with Crippen LogP contribution in [-0.2, 0) is 7.05 Å². The molecule has 0 aliphatic heterocycles. The quantitative estimate of drug-likeness (QED) is 0.601. The molecule has 12 heavy (non-hydrogen) atoms. The van der Waals surface area contributed by atoms with Crippen LogP contribution >= 0.6 is 0 Å². The third-order valence-electron chi connectivity index (χ3n) is 1.70. The van der Waals surface area contributed by atoms with Gasteiger partial charge in [0, 0.05) is 13.1 Å². The van der Waals surface area contributed by atoms with Crippen LogP contribution in [0.2, 0.25) is 0 Å². The van der Waals surface area contributed by atoms with Gasteiger partial charge in [-0.25, -0.2) is 9.78 Å². The Morgan fingerprint density at radius 1 is 1.67 bits per heavy atom. The van der Waals surface area contributed by atoms with Gasteiger partial charge in [0.25, 0.3) is 0 Å². The highest BCUT2D eigenvalue weighted by atomic mass is 16.4. The zero-order valence-electron chi connectivity index (χ0n) is 6.44. The van der Waals surface area contributed by atoms with Gasteiger partial charge in [0.15, 0.2) is 5.58 Å². The molecule has 0 saturated heterocycles. The van der Waals surface area contributed by atoms with Gasteiger partial charge in [0.2, 0.25) is 0 Å². The average Bonchev–Trinajstić information content (AvgIpc) is 2.28. The van der Waals surface area contributed by atoms with Crippen LogP contribution in [0, 0.1) is 0 Å². The van der Waals surface area contributed by atoms with E-state index in [0.717, 1.165) is 0 Å². The number of nitrogen functional groups attached to an aromatic ring is 1. The minimum Gasteiger partial charge on any atom is -0.408 e. The normalized spacial score (nSPS) is 10.8. The molecule has 0 aliphatic carbocycles. The van der Waals surface area contributed by atoms with Crippen LogP contribution in [0.5, 0.6) is 0 Å². The lowest BCUT2D eigenvalue weighted by Gasteiger charge is -1.91. The van der Waals surface area contributed by atoms with E-state index in [9.17, 15) is 4.79 Å². The number of nitrogens with two attached hydrogens (primary N) is 1. The number of hydrogen-bond donors (Lipinski definition) is 1. The number of anilines is 1. The van der Waals surface area contributed by atoms with Crippen molar-refractivity contribution in [3.63, 3.8) is 0 Å². The van der Waals surface area contributed by atoms with Gasteiger partial charge in [0.05, 0.1) is 6.20 Å². The van der Waals surface area contributed by atoms with E-state index in [1.54, 1.807) is 7.05 Å². The summed E-state index contributed by atoms with van der Waals surface area (Å²) in [5.41, 5.74) is 6.52. The standard InChI is InChI=1S/C7H7N3O2/c1-10-4-3-9-6(8)2-5(4)12-7(10)11/h2-3H,1H3,(H2,8,9). The molecule has 0 amide bonds. The number of rotatable bonds is 0. The van der Waals surface area contributed by atoms with Crippen LogP contribution in [0.4, 0.5) is 5.82 Å². The van der Waals surface area contributed by atoms with Gasteiger partial charge >= 0.3 is 5.76 Å². The summed E-state index contributed by atoms with van der Waals surface area (Å²) in [6.45, 7) is 0. The van der Waals surface area contributed by atoms with Crippen molar-refractivity contribution in [1.29, 1.82) is 0 Å². The summed E-state index contributed by atoms with van der Waals surface area (Å²) in [4.78, 5) is 14.8. The number of hydrogen-bond acceptors (Lipinski definition) is 4. The lowest BCUT2D eigenvalue weighted by Crippen LogP contribution is -2.08. The van der Waals surface area contributed by atoms with Crippen LogP contribution < -0.4 is 11.5 Å². The van der Waals surface area contributed by atoms with Crippen LogP contribution in [0.25, 0.3) is 11.1 Å². The van der Waals surface area contributed by atoms with E-state index in [-0.39, 0.29) is 0 Å². The Hall–Kier alpha value is -1.78. The molecule has 0 radical (unpaired) electrons. The lowest BCUT2D eigenvalue weighted by atomic mass is 10.4. The second kappa shape index (κ2) is 2.10. The molecule has 2 aromatic heterocycles. The summed E-state index contributed by atoms with van der Waals surface area (Å²) in [7, 11) is 1.62. The molecule has 0 unspecified atom stereocenters. The van der Waals surface area contributed by atoms with Crippen molar-refractivity contribution >= 4 is 16.9 Å². The number of oxazole rings is 1. The molecule has 0 fully saturated rings. The highest BCUT2D eigenvalue weighted by Gasteiger charge is 2.05. The molecule has 0 aliphatic rings. The van der Waals surface area contributed by atoms with E-state index in [0.29, 0.717) is 16.9 Å². The molecular formula is C7H7N3O2. The van der Waals surface area contributed by atoms with Crippen molar-refractivity contribution in [3.05, 3.63) is 22.8 Å². The summed E-state index contributed by atoms with van der Waals surface area (Å²) >= 11 is 0. The Kier molecular flexibility index (Phi) is 1.21. The zero-order chi connectivity index (χ0) is 8.72. The summed E-state index contributed by atoms with van der Waals surface area (Å²) in [5.74, 6) is -0.0609. The molecule has 0 saturated carbocycles. The first kappa shape index (κ1) is 6.90. The fourth-order valence-electron chi connectivity index (χ4n) is 1.04. The van der Waals surface area contributed by atoms with Crippen LogP contribution in [0.3, 0.4) is 0 Å². The van der Waals surface area contributed by atoms with Gasteiger partial charge in [-0.1, -0.05) is 0 Å². The molecule has 0 bridgehead atoms. The third-order valence-corrected chi connectivity index (χ3v) is 1.70. The van der Waals surface area contributed by atoms with E-state index < -0.39 is 5.76 Å². The Balaban J connectivity index is 2.96. The van der Waals surface area contributed by atoms with Crippen molar-refractivity contribution in [2.75, 3.05) is 5.73 Å². The molecule has 2 N–H and O–H groups in total. The lowest BCUT2D eigenvalue weighted by molar-refractivity contribution is 0.528. The largest absolute Gasteiger partial charge is 0.419 e. The maximum absolute atomic E-state index is 11.0. The maximum atomic E-state index is 11.0. The van der Waals surface area contributed by atoms with Gasteiger partial charge in [-0.15, -0.1) is 0 Å². The Bertz CT molecular complexity index is 483. The van der Waals surface area contributed by atoms with E-state index in [1.165, 1.54) is 16.8 Å². The average molecular weight is 165 g/mol. The molecule has 2 rings (SSSR count). The first-order valence-electron chi connectivity index (χ1n) is 3.39. The molecule has 0 atom stereocenters. The smallest absolute Gasteiger partial charge is 0.408 e. The van der Waals surface area contributed by atoms with E-state index in [2.05, 4.69) is 4.98 Å². The van der Waals surface area contributed by atoms with E-state index >= 15 is 0 Å². The van der Waals surface area contributed by atoms with Gasteiger partial charge < -0.3 is 10.2 Å². The van der Waals surface area contributed by atoms with Crippen molar-refractivity contribution in [1.82, 2.24) is 9.55 Å². The number of aromatic nitrogens is 2. The molecule has 0 aromatic carbocycles. The monoisotopic (exact) mass is 165 g/mol. The summed E-state index contributed by atoms with van der Waals surface area (Å²) < 4.78 is 6.24. The topological polar surface area (TPSA) is 74.0 Å². The molecular weight excluding hydrogens is 158 g/mol. The fourth-order valence-corrected chi connectivity index (χ4v) is 1.04. The number of fused-ring (bicyclic) bond motifs is 1. The van der Waals surface area contributed by atoms with Crippen molar-refractivity contribution in [3.8, 4) is 0 Å². The van der Waals surface area contributed by atoms with Gasteiger partial charge in [-0.3, -0.25) is 4.57 Å². The van der Waals surface area contributed by atoms with Gasteiger partial charge in [-0.2, -0.15) is 0 Å². The summed E-state index contributed by atoms with van der Waals surface area (Å²) in [6, 6.07) is 1.52. The molecule has 5 heteroatoms.